The van der Waals surface area contributed by atoms with E-state index >= 15 is 0 Å². The average molecular weight is 353 g/mol. The molecule has 4 rings (SSSR count). The number of anilines is 2. The number of aryl methyl sites for hydroxylation is 2. The molecule has 0 radical (unpaired) electrons. The lowest BCUT2D eigenvalue weighted by molar-refractivity contribution is -0.117. The Hall–Kier alpha value is -3.23. The smallest absolute Gasteiger partial charge is 0.246 e. The number of nitrogens with zero attached hydrogens (tertiary/aromatic N) is 5. The molecule has 0 aliphatic heterocycles. The third kappa shape index (κ3) is 3.28. The van der Waals surface area contributed by atoms with E-state index in [2.05, 4.69) is 25.9 Å². The van der Waals surface area contributed by atoms with Crippen molar-refractivity contribution >= 4 is 34.4 Å². The second kappa shape index (κ2) is 6.25. The van der Waals surface area contributed by atoms with Crippen LogP contribution in [0.15, 0.2) is 24.4 Å². The maximum absolute atomic E-state index is 12.2. The van der Waals surface area contributed by atoms with Crippen LogP contribution < -0.4 is 10.6 Å². The third-order valence-corrected chi connectivity index (χ3v) is 4.43. The van der Waals surface area contributed by atoms with Crippen LogP contribution in [0.1, 0.15) is 18.7 Å². The zero-order chi connectivity index (χ0) is 18.3. The van der Waals surface area contributed by atoms with Gasteiger partial charge in [-0.2, -0.15) is 0 Å². The molecule has 9 heteroatoms. The molecule has 1 saturated carbocycles. The van der Waals surface area contributed by atoms with Crippen LogP contribution in [0.2, 0.25) is 0 Å². The van der Waals surface area contributed by atoms with Crippen LogP contribution in [0.4, 0.5) is 11.5 Å². The van der Waals surface area contributed by atoms with E-state index in [0.717, 1.165) is 29.7 Å². The summed E-state index contributed by atoms with van der Waals surface area (Å²) in [6, 6.07) is 5.60. The highest BCUT2D eigenvalue weighted by Gasteiger charge is 2.30. The number of amides is 2. The SMILES string of the molecule is Cc1nc2cc(NC(=O)Cn3cc(NC(=O)C4CC4)nn3)ccc2n1C. The summed E-state index contributed by atoms with van der Waals surface area (Å²) in [5.74, 6) is 1.09. The van der Waals surface area contributed by atoms with Gasteiger partial charge in [0, 0.05) is 18.7 Å². The number of nitrogens with one attached hydrogen (secondary N) is 2. The summed E-state index contributed by atoms with van der Waals surface area (Å²) >= 11 is 0. The van der Waals surface area contributed by atoms with Crippen molar-refractivity contribution in [2.75, 3.05) is 10.6 Å². The highest BCUT2D eigenvalue weighted by molar-refractivity contribution is 5.94. The van der Waals surface area contributed by atoms with Gasteiger partial charge in [-0.05, 0) is 38.0 Å². The lowest BCUT2D eigenvalue weighted by Gasteiger charge is -2.05. The molecule has 2 heterocycles. The Bertz CT molecular complexity index is 1000. The fourth-order valence-electron chi connectivity index (χ4n) is 2.75. The summed E-state index contributed by atoms with van der Waals surface area (Å²) in [5, 5.41) is 13.3. The fraction of sp³-hybridized carbons (Fsp3) is 0.353. The maximum Gasteiger partial charge on any atom is 0.246 e. The van der Waals surface area contributed by atoms with Gasteiger partial charge < -0.3 is 15.2 Å². The van der Waals surface area contributed by atoms with Gasteiger partial charge in [-0.3, -0.25) is 9.59 Å². The molecule has 1 aromatic carbocycles. The molecule has 2 amide bonds. The fourth-order valence-corrected chi connectivity index (χ4v) is 2.75. The van der Waals surface area contributed by atoms with Crippen molar-refractivity contribution in [2.24, 2.45) is 13.0 Å². The number of hydrogen-bond acceptors (Lipinski definition) is 5. The molecule has 26 heavy (non-hydrogen) atoms. The van der Waals surface area contributed by atoms with Gasteiger partial charge in [0.05, 0.1) is 17.2 Å². The van der Waals surface area contributed by atoms with E-state index in [-0.39, 0.29) is 24.3 Å². The van der Waals surface area contributed by atoms with Crippen LogP contribution in [0.3, 0.4) is 0 Å². The molecule has 0 spiro atoms. The lowest BCUT2D eigenvalue weighted by atomic mass is 10.2. The standard InChI is InChI=1S/C17H19N7O2/c1-10-18-13-7-12(5-6-14(13)23(10)2)19-16(25)9-24-8-15(21-22-24)20-17(26)11-3-4-11/h5-8,11H,3-4,9H2,1-2H3,(H,19,25)(H,20,26). The van der Waals surface area contributed by atoms with Crippen LogP contribution in [0, 0.1) is 12.8 Å². The minimum absolute atomic E-state index is 0.00554. The highest BCUT2D eigenvalue weighted by Crippen LogP contribution is 2.29. The lowest BCUT2D eigenvalue weighted by Crippen LogP contribution is -2.19. The molecule has 9 nitrogen and oxygen atoms in total. The molecule has 1 fully saturated rings. The van der Waals surface area contributed by atoms with E-state index in [0.29, 0.717) is 11.5 Å². The van der Waals surface area contributed by atoms with Gasteiger partial charge in [0.1, 0.15) is 12.4 Å². The van der Waals surface area contributed by atoms with Crippen molar-refractivity contribution in [1.82, 2.24) is 24.5 Å². The molecule has 2 aromatic heterocycles. The Labute approximate surface area is 149 Å². The number of carbonyl (C=O) groups excluding carboxylic acids is 2. The van der Waals surface area contributed by atoms with Crippen LogP contribution in [0.5, 0.6) is 0 Å². The Morgan fingerprint density at radius 3 is 2.85 bits per heavy atom. The second-order valence-corrected chi connectivity index (χ2v) is 6.53. The number of aromatic nitrogens is 5. The Morgan fingerprint density at radius 1 is 1.27 bits per heavy atom. The first-order valence-electron chi connectivity index (χ1n) is 8.43. The topological polar surface area (TPSA) is 107 Å². The third-order valence-electron chi connectivity index (χ3n) is 4.43. The molecule has 0 atom stereocenters. The number of fused-ring (bicyclic) bond motifs is 1. The summed E-state index contributed by atoms with van der Waals surface area (Å²) < 4.78 is 3.38. The number of carbonyl (C=O) groups is 2. The number of benzene rings is 1. The van der Waals surface area contributed by atoms with E-state index in [9.17, 15) is 9.59 Å². The Morgan fingerprint density at radius 2 is 2.08 bits per heavy atom. The normalized spacial score (nSPS) is 13.8. The molecule has 1 aliphatic rings. The van der Waals surface area contributed by atoms with Gasteiger partial charge >= 0.3 is 0 Å². The molecule has 1 aliphatic carbocycles. The van der Waals surface area contributed by atoms with E-state index in [1.165, 1.54) is 4.68 Å². The average Bonchev–Trinajstić information content (AvgIpc) is 3.30. The highest BCUT2D eigenvalue weighted by atomic mass is 16.2. The molecule has 0 saturated heterocycles. The Balaban J connectivity index is 1.39. The van der Waals surface area contributed by atoms with Gasteiger partial charge in [0.15, 0.2) is 5.82 Å². The van der Waals surface area contributed by atoms with Crippen LogP contribution in [0.25, 0.3) is 11.0 Å². The molecule has 2 N–H and O–H groups in total. The summed E-state index contributed by atoms with van der Waals surface area (Å²) in [6.45, 7) is 1.94. The number of imidazole rings is 1. The summed E-state index contributed by atoms with van der Waals surface area (Å²) in [4.78, 5) is 28.4. The minimum atomic E-state index is -0.234. The molecule has 0 bridgehead atoms. The molecule has 0 unspecified atom stereocenters. The first kappa shape index (κ1) is 16.2. The van der Waals surface area contributed by atoms with Gasteiger partial charge in [0.2, 0.25) is 11.8 Å². The van der Waals surface area contributed by atoms with Crippen molar-refractivity contribution in [3.63, 3.8) is 0 Å². The van der Waals surface area contributed by atoms with E-state index in [1.807, 2.05) is 36.7 Å². The van der Waals surface area contributed by atoms with E-state index in [1.54, 1.807) is 6.20 Å². The predicted molar refractivity (Wildman–Crippen MR) is 95.5 cm³/mol. The van der Waals surface area contributed by atoms with Crippen molar-refractivity contribution in [3.05, 3.63) is 30.2 Å². The second-order valence-electron chi connectivity index (χ2n) is 6.53. The largest absolute Gasteiger partial charge is 0.331 e. The van der Waals surface area contributed by atoms with E-state index in [4.69, 9.17) is 0 Å². The minimum Gasteiger partial charge on any atom is -0.331 e. The van der Waals surface area contributed by atoms with Crippen molar-refractivity contribution < 1.29 is 9.59 Å². The van der Waals surface area contributed by atoms with Crippen LogP contribution in [-0.2, 0) is 23.2 Å². The quantitative estimate of drug-likeness (QED) is 0.722. The van der Waals surface area contributed by atoms with Gasteiger partial charge in [0.25, 0.3) is 0 Å². The predicted octanol–water partition coefficient (Wildman–Crippen LogP) is 1.46. The molecular formula is C17H19N7O2. The van der Waals surface area contributed by atoms with Gasteiger partial charge in [-0.1, -0.05) is 5.21 Å². The molecule has 3 aromatic rings. The summed E-state index contributed by atoms with van der Waals surface area (Å²) in [7, 11) is 1.95. The van der Waals surface area contributed by atoms with Crippen molar-refractivity contribution in [1.29, 1.82) is 0 Å². The maximum atomic E-state index is 12.2. The van der Waals surface area contributed by atoms with E-state index < -0.39 is 0 Å². The first-order chi connectivity index (χ1) is 12.5. The summed E-state index contributed by atoms with van der Waals surface area (Å²) in [6.07, 6.45) is 3.39. The molecular weight excluding hydrogens is 334 g/mol. The molecule has 134 valence electrons. The van der Waals surface area contributed by atoms with Crippen molar-refractivity contribution in [3.8, 4) is 0 Å². The van der Waals surface area contributed by atoms with Gasteiger partial charge in [-0.25, -0.2) is 9.67 Å². The Kier molecular flexibility index (Phi) is 3.90. The number of hydrogen-bond donors (Lipinski definition) is 2. The monoisotopic (exact) mass is 353 g/mol. The summed E-state index contributed by atoms with van der Waals surface area (Å²) in [5.41, 5.74) is 2.50. The van der Waals surface area contributed by atoms with Crippen LogP contribution in [-0.4, -0.2) is 36.4 Å². The van der Waals surface area contributed by atoms with Crippen molar-refractivity contribution in [2.45, 2.75) is 26.3 Å². The van der Waals surface area contributed by atoms with Crippen LogP contribution >= 0.6 is 0 Å². The first-order valence-corrected chi connectivity index (χ1v) is 8.43. The zero-order valence-corrected chi connectivity index (χ0v) is 14.6. The van der Waals surface area contributed by atoms with Gasteiger partial charge in [-0.15, -0.1) is 5.10 Å². The zero-order valence-electron chi connectivity index (χ0n) is 14.6. The number of rotatable bonds is 5.